The third-order valence-corrected chi connectivity index (χ3v) is 17.2. The molecule has 1 N–H and O–H groups in total. The summed E-state index contributed by atoms with van der Waals surface area (Å²) in [5, 5.41) is 3.33. The Hall–Kier alpha value is -5.75. The number of hydrogen-bond donors (Lipinski definition) is 1. The van der Waals surface area contributed by atoms with Crippen molar-refractivity contribution in [2.45, 2.75) is 47.0 Å². The molecule has 0 radical (unpaired) electrons. The zero-order valence-electron chi connectivity index (χ0n) is 45.1. The number of ether oxygens (including phenoxy) is 2. The van der Waals surface area contributed by atoms with Crippen LogP contribution in [0.1, 0.15) is 63.7 Å². The minimum atomic E-state index is -3.18. The average Bonchev–Trinajstić information content (AvgIpc) is 3.41. The summed E-state index contributed by atoms with van der Waals surface area (Å²) < 4.78 is 86.9. The van der Waals surface area contributed by atoms with E-state index in [2.05, 4.69) is 50.3 Å². The molecule has 23 heteroatoms. The molecule has 0 spiro atoms. The monoisotopic (exact) mass is 1140 g/mol. The standard InChI is InChI=1S/C30H41FN4O5S.C25H31FN4O5S.ClH/c1-30(2,3)22-33-13-11-32(12-14-33)20-23-5-9-26(10-6-23)35(29(37)34-15-17-41(38,39)18-16-34)21-25-8-7-24(19-27(25)31)28(36)40-4;1-35-24(31)20-4-5-21(23(26)16-20)18-30(25(32)29-12-14-36(33,34)15-13-29)22-6-2-19(3-7-22)17-28-10-8-27-9-11-28;/h5-10,19H,11-18,20-22H2,1-4H3;2-7,16,27H,8-15,17-18H2,1H3;1H. The molecule has 0 bridgehead atoms. The maximum atomic E-state index is 15.0. The lowest BCUT2D eigenvalue weighted by atomic mass is 9.96. The zero-order valence-corrected chi connectivity index (χ0v) is 47.6. The van der Waals surface area contributed by atoms with Crippen molar-refractivity contribution in [1.29, 1.82) is 0 Å². The van der Waals surface area contributed by atoms with Crippen molar-refractivity contribution in [2.75, 3.05) is 132 Å². The Bertz CT molecular complexity index is 2910. The van der Waals surface area contributed by atoms with E-state index < -0.39 is 49.3 Å². The van der Waals surface area contributed by atoms with Crippen molar-refractivity contribution in [3.05, 3.63) is 130 Å². The molecule has 78 heavy (non-hydrogen) atoms. The SMILES string of the molecule is COC(=O)c1ccc(CN(C(=O)N2CCS(=O)(=O)CC2)c2ccc(CN3CCN(CC(C)(C)C)CC3)cc2)c(F)c1.COC(=O)c1ccc(CN(C(=O)N2CCS(=O)(=O)CC2)c2ccc(CN3CCNCC3)cc2)c(F)c1.Cl. The van der Waals surface area contributed by atoms with Gasteiger partial charge in [0.25, 0.3) is 0 Å². The minimum absolute atomic E-state index is 0. The lowest BCUT2D eigenvalue weighted by molar-refractivity contribution is 0.0591. The summed E-state index contributed by atoms with van der Waals surface area (Å²) in [6.45, 7) is 17.5. The Kier molecular flexibility index (Phi) is 21.6. The number of amides is 4. The van der Waals surface area contributed by atoms with E-state index in [-0.39, 0.29) is 108 Å². The van der Waals surface area contributed by atoms with Gasteiger partial charge >= 0.3 is 24.0 Å². The zero-order chi connectivity index (χ0) is 55.5. The molecule has 0 unspecified atom stereocenters. The van der Waals surface area contributed by atoms with Crippen molar-refractivity contribution in [1.82, 2.24) is 29.8 Å². The number of halogens is 3. The molecule has 0 saturated carbocycles. The van der Waals surface area contributed by atoms with Crippen LogP contribution in [0.15, 0.2) is 84.9 Å². The van der Waals surface area contributed by atoms with Gasteiger partial charge in [-0.3, -0.25) is 19.6 Å². The van der Waals surface area contributed by atoms with E-state index in [0.717, 1.165) is 95.3 Å². The third-order valence-electron chi connectivity index (χ3n) is 14.0. The third kappa shape index (κ3) is 17.4. The van der Waals surface area contributed by atoms with Gasteiger partial charge in [-0.15, -0.1) is 12.4 Å². The molecule has 426 valence electrons. The molecular weight excluding hydrogens is 1070 g/mol. The van der Waals surface area contributed by atoms with E-state index in [1.807, 2.05) is 48.5 Å². The number of anilines is 2. The second-order valence-corrected chi connectivity index (χ2v) is 25.7. The molecule has 8 rings (SSSR count). The van der Waals surface area contributed by atoms with Crippen LogP contribution in [0.25, 0.3) is 0 Å². The fourth-order valence-electron chi connectivity index (χ4n) is 9.59. The van der Waals surface area contributed by atoms with Gasteiger partial charge < -0.3 is 29.5 Å². The molecule has 0 aromatic heterocycles. The number of esters is 2. The van der Waals surface area contributed by atoms with Gasteiger partial charge in [0.05, 0.1) is 61.4 Å². The maximum Gasteiger partial charge on any atom is 0.337 e. The first-order valence-corrected chi connectivity index (χ1v) is 29.6. The van der Waals surface area contributed by atoms with Gasteiger partial charge in [0.2, 0.25) is 0 Å². The number of nitrogens with zero attached hydrogens (tertiary/aromatic N) is 7. The number of piperazine rings is 2. The van der Waals surface area contributed by atoms with E-state index in [9.17, 15) is 40.4 Å². The number of hydrogen-bond acceptors (Lipinski definition) is 14. The highest BCUT2D eigenvalue weighted by molar-refractivity contribution is 7.91. The predicted octanol–water partition coefficient (Wildman–Crippen LogP) is 5.93. The second-order valence-electron chi connectivity index (χ2n) is 21.1. The summed E-state index contributed by atoms with van der Waals surface area (Å²) in [5.74, 6) is -2.96. The summed E-state index contributed by atoms with van der Waals surface area (Å²) >= 11 is 0. The lowest BCUT2D eigenvalue weighted by Crippen LogP contribution is -2.49. The molecule has 0 aliphatic carbocycles. The first kappa shape index (κ1) is 61.5. The van der Waals surface area contributed by atoms with Crippen LogP contribution >= 0.6 is 12.4 Å². The quantitative estimate of drug-likeness (QED) is 0.155. The highest BCUT2D eigenvalue weighted by Crippen LogP contribution is 2.27. The first-order chi connectivity index (χ1) is 36.6. The Balaban J connectivity index is 0.000000251. The van der Waals surface area contributed by atoms with Gasteiger partial charge in [0, 0.05) is 121 Å². The van der Waals surface area contributed by atoms with Crippen molar-refractivity contribution in [3.63, 3.8) is 0 Å². The van der Waals surface area contributed by atoms with Crippen LogP contribution in [0.5, 0.6) is 0 Å². The molecule has 4 aliphatic rings. The highest BCUT2D eigenvalue weighted by Gasteiger charge is 2.32. The second kappa shape index (κ2) is 27.4. The van der Waals surface area contributed by atoms with Crippen LogP contribution in [-0.2, 0) is 55.3 Å². The largest absolute Gasteiger partial charge is 0.465 e. The fourth-order valence-corrected chi connectivity index (χ4v) is 12.0. The Labute approximate surface area is 463 Å². The Morgan fingerprint density at radius 1 is 0.538 bits per heavy atom. The van der Waals surface area contributed by atoms with Gasteiger partial charge in [-0.05, 0) is 65.1 Å². The molecule has 0 atom stereocenters. The molecular formula is C55H73ClF2N8O10S2. The molecule has 4 heterocycles. The van der Waals surface area contributed by atoms with Crippen molar-refractivity contribution in [2.24, 2.45) is 5.41 Å². The minimum Gasteiger partial charge on any atom is -0.465 e. The van der Waals surface area contributed by atoms with Gasteiger partial charge in [-0.2, -0.15) is 0 Å². The summed E-state index contributed by atoms with van der Waals surface area (Å²) in [6, 6.07) is 22.5. The van der Waals surface area contributed by atoms with Gasteiger partial charge in [-0.25, -0.2) is 44.8 Å². The van der Waals surface area contributed by atoms with Crippen LogP contribution in [0, 0.1) is 17.0 Å². The van der Waals surface area contributed by atoms with Crippen LogP contribution < -0.4 is 15.1 Å². The summed E-state index contributed by atoms with van der Waals surface area (Å²) in [5.41, 5.74) is 4.27. The number of carbonyl (C=O) groups excluding carboxylic acids is 4. The Morgan fingerprint density at radius 3 is 1.24 bits per heavy atom. The number of urea groups is 2. The van der Waals surface area contributed by atoms with E-state index in [0.29, 0.717) is 11.4 Å². The van der Waals surface area contributed by atoms with Crippen LogP contribution in [0.3, 0.4) is 0 Å². The van der Waals surface area contributed by atoms with E-state index in [4.69, 9.17) is 0 Å². The van der Waals surface area contributed by atoms with E-state index in [1.54, 1.807) is 0 Å². The predicted molar refractivity (Wildman–Crippen MR) is 299 cm³/mol. The molecule has 4 fully saturated rings. The van der Waals surface area contributed by atoms with Crippen molar-refractivity contribution >= 4 is 67.5 Å². The van der Waals surface area contributed by atoms with Crippen molar-refractivity contribution < 1.29 is 54.3 Å². The van der Waals surface area contributed by atoms with Gasteiger partial charge in [0.1, 0.15) is 11.6 Å². The van der Waals surface area contributed by atoms with Crippen molar-refractivity contribution in [3.8, 4) is 0 Å². The number of benzene rings is 4. The fraction of sp³-hybridized carbons (Fsp3) is 0.491. The normalized spacial score (nSPS) is 17.9. The van der Waals surface area contributed by atoms with Gasteiger partial charge in [-0.1, -0.05) is 57.2 Å². The summed E-state index contributed by atoms with van der Waals surface area (Å²) in [7, 11) is -3.89. The molecule has 4 amide bonds. The number of methoxy groups -OCH3 is 2. The number of rotatable bonds is 13. The lowest BCUT2D eigenvalue weighted by Gasteiger charge is -2.38. The van der Waals surface area contributed by atoms with Crippen LogP contribution in [0.4, 0.5) is 29.7 Å². The van der Waals surface area contributed by atoms with Crippen LogP contribution in [0.2, 0.25) is 0 Å². The number of carbonyl (C=O) groups is 4. The molecule has 4 aromatic carbocycles. The smallest absolute Gasteiger partial charge is 0.337 e. The topological polar surface area (TPSA) is 190 Å². The molecule has 4 aromatic rings. The van der Waals surface area contributed by atoms with E-state index in [1.165, 1.54) is 58.1 Å². The average molecular weight is 1140 g/mol. The van der Waals surface area contributed by atoms with E-state index >= 15 is 4.39 Å². The van der Waals surface area contributed by atoms with Gasteiger partial charge in [0.15, 0.2) is 19.7 Å². The maximum absolute atomic E-state index is 15.0. The Morgan fingerprint density at radius 2 is 0.897 bits per heavy atom. The van der Waals surface area contributed by atoms with Crippen LogP contribution in [-0.4, -0.2) is 188 Å². The first-order valence-electron chi connectivity index (χ1n) is 25.9. The summed E-state index contributed by atoms with van der Waals surface area (Å²) in [4.78, 5) is 63.8. The summed E-state index contributed by atoms with van der Waals surface area (Å²) in [6.07, 6.45) is 0. The highest BCUT2D eigenvalue weighted by atomic mass is 35.5. The molecule has 4 aliphatic heterocycles. The molecule has 18 nitrogen and oxygen atoms in total. The molecule has 4 saturated heterocycles. The number of sulfone groups is 2. The number of nitrogens with one attached hydrogen (secondary N) is 1.